The minimum absolute atomic E-state index is 0.0308. The molecule has 2 saturated heterocycles. The van der Waals surface area contributed by atoms with Gasteiger partial charge in [-0.15, -0.1) is 0 Å². The van der Waals surface area contributed by atoms with E-state index >= 15 is 0 Å². The summed E-state index contributed by atoms with van der Waals surface area (Å²) in [5, 5.41) is 12.2. The molecule has 0 aliphatic carbocycles. The smallest absolute Gasteiger partial charge is 0.248 e. The first-order chi connectivity index (χ1) is 8.52. The zero-order chi connectivity index (χ0) is 13.2. The molecule has 6 nitrogen and oxygen atoms in total. The molecule has 0 saturated carbocycles. The van der Waals surface area contributed by atoms with E-state index in [1.807, 2.05) is 13.8 Å². The lowest BCUT2D eigenvalue weighted by atomic mass is 10.0. The van der Waals surface area contributed by atoms with Crippen LogP contribution in [-0.4, -0.2) is 73.1 Å². The summed E-state index contributed by atoms with van der Waals surface area (Å²) < 4.78 is 11.1. The molecule has 0 bridgehead atoms. The lowest BCUT2D eigenvalue weighted by Gasteiger charge is -2.40. The highest BCUT2D eigenvalue weighted by molar-refractivity contribution is 5.77. The number of aliphatic hydroxyl groups is 1. The highest BCUT2D eigenvalue weighted by atomic mass is 16.5. The number of rotatable bonds is 4. The molecular weight excluding hydrogens is 236 g/mol. The number of morpholine rings is 1. The molecule has 2 rings (SSSR count). The predicted octanol–water partition coefficient (Wildman–Crippen LogP) is -1.03. The SMILES string of the molecule is CC1CN(C(=O)COC2(C)CNC2)CC(CO)O1. The summed E-state index contributed by atoms with van der Waals surface area (Å²) in [6, 6.07) is 0. The molecule has 6 heteroatoms. The molecule has 0 spiro atoms. The molecule has 0 radical (unpaired) electrons. The Balaban J connectivity index is 1.80. The van der Waals surface area contributed by atoms with Crippen LogP contribution in [0.5, 0.6) is 0 Å². The quantitative estimate of drug-likeness (QED) is 0.675. The Morgan fingerprint density at radius 2 is 2.28 bits per heavy atom. The molecule has 2 aliphatic heterocycles. The molecule has 0 aromatic rings. The van der Waals surface area contributed by atoms with E-state index in [0.29, 0.717) is 13.1 Å². The van der Waals surface area contributed by atoms with E-state index in [1.165, 1.54) is 0 Å². The molecule has 104 valence electrons. The lowest BCUT2D eigenvalue weighted by Crippen LogP contribution is -2.60. The Morgan fingerprint density at radius 3 is 2.83 bits per heavy atom. The number of nitrogens with one attached hydrogen (secondary N) is 1. The van der Waals surface area contributed by atoms with Gasteiger partial charge in [-0.3, -0.25) is 4.79 Å². The second kappa shape index (κ2) is 5.52. The fourth-order valence-electron chi connectivity index (χ4n) is 2.26. The Hall–Kier alpha value is -0.690. The van der Waals surface area contributed by atoms with Crippen LogP contribution < -0.4 is 5.32 Å². The third kappa shape index (κ3) is 3.20. The third-order valence-electron chi connectivity index (χ3n) is 3.42. The van der Waals surface area contributed by atoms with Crippen LogP contribution in [-0.2, 0) is 14.3 Å². The first kappa shape index (κ1) is 13.7. The fraction of sp³-hybridized carbons (Fsp3) is 0.917. The van der Waals surface area contributed by atoms with E-state index < -0.39 is 0 Å². The summed E-state index contributed by atoms with van der Waals surface area (Å²) in [6.45, 7) is 6.53. The molecular formula is C12H22N2O4. The van der Waals surface area contributed by atoms with Crippen molar-refractivity contribution in [2.45, 2.75) is 31.7 Å². The van der Waals surface area contributed by atoms with Crippen LogP contribution in [0.1, 0.15) is 13.8 Å². The maximum absolute atomic E-state index is 12.0. The first-order valence-corrected chi connectivity index (χ1v) is 6.41. The number of carbonyl (C=O) groups excluding carboxylic acids is 1. The largest absolute Gasteiger partial charge is 0.394 e. The van der Waals surface area contributed by atoms with Crippen LogP contribution in [0, 0.1) is 0 Å². The average Bonchev–Trinajstić information content (AvgIpc) is 2.32. The minimum atomic E-state index is -0.279. The second-order valence-electron chi connectivity index (χ2n) is 5.39. The Morgan fingerprint density at radius 1 is 1.56 bits per heavy atom. The number of carbonyl (C=O) groups is 1. The molecule has 0 aromatic carbocycles. The van der Waals surface area contributed by atoms with Gasteiger partial charge in [-0.1, -0.05) is 0 Å². The van der Waals surface area contributed by atoms with Crippen LogP contribution in [0.2, 0.25) is 0 Å². The van der Waals surface area contributed by atoms with Gasteiger partial charge in [0.2, 0.25) is 5.91 Å². The summed E-state index contributed by atoms with van der Waals surface area (Å²) in [4.78, 5) is 13.7. The summed E-state index contributed by atoms with van der Waals surface area (Å²) in [6.07, 6.45) is -0.320. The van der Waals surface area contributed by atoms with Crippen molar-refractivity contribution < 1.29 is 19.4 Å². The summed E-state index contributed by atoms with van der Waals surface area (Å²) in [5.74, 6) is -0.0308. The van der Waals surface area contributed by atoms with Crippen LogP contribution >= 0.6 is 0 Å². The fourth-order valence-corrected chi connectivity index (χ4v) is 2.26. The van der Waals surface area contributed by atoms with Crippen molar-refractivity contribution in [2.24, 2.45) is 0 Å². The van der Waals surface area contributed by atoms with Gasteiger partial charge < -0.3 is 24.8 Å². The van der Waals surface area contributed by atoms with Crippen molar-refractivity contribution in [1.82, 2.24) is 10.2 Å². The first-order valence-electron chi connectivity index (χ1n) is 6.41. The van der Waals surface area contributed by atoms with Crippen LogP contribution in [0.15, 0.2) is 0 Å². The highest BCUT2D eigenvalue weighted by Gasteiger charge is 2.34. The van der Waals surface area contributed by atoms with Gasteiger partial charge >= 0.3 is 0 Å². The van der Waals surface area contributed by atoms with Gasteiger partial charge in [0, 0.05) is 26.2 Å². The minimum Gasteiger partial charge on any atom is -0.394 e. The second-order valence-corrected chi connectivity index (χ2v) is 5.39. The number of hydrogen-bond donors (Lipinski definition) is 2. The van der Waals surface area contributed by atoms with E-state index in [2.05, 4.69) is 5.32 Å². The van der Waals surface area contributed by atoms with E-state index in [0.717, 1.165) is 13.1 Å². The van der Waals surface area contributed by atoms with E-state index in [-0.39, 0.29) is 36.9 Å². The van der Waals surface area contributed by atoms with Gasteiger partial charge in [-0.25, -0.2) is 0 Å². The number of nitrogens with zero attached hydrogens (tertiary/aromatic N) is 1. The zero-order valence-corrected chi connectivity index (χ0v) is 11.0. The zero-order valence-electron chi connectivity index (χ0n) is 11.0. The lowest BCUT2D eigenvalue weighted by molar-refractivity contribution is -0.159. The van der Waals surface area contributed by atoms with E-state index in [4.69, 9.17) is 14.6 Å². The maximum Gasteiger partial charge on any atom is 0.248 e. The van der Waals surface area contributed by atoms with Gasteiger partial charge in [0.1, 0.15) is 6.61 Å². The molecule has 1 amide bonds. The van der Waals surface area contributed by atoms with Crippen LogP contribution in [0.25, 0.3) is 0 Å². The normalized spacial score (nSPS) is 30.9. The molecule has 0 aromatic heterocycles. The highest BCUT2D eigenvalue weighted by Crippen LogP contribution is 2.16. The number of ether oxygens (including phenoxy) is 2. The molecule has 2 fully saturated rings. The van der Waals surface area contributed by atoms with Crippen molar-refractivity contribution in [3.8, 4) is 0 Å². The molecule has 2 aliphatic rings. The molecule has 2 heterocycles. The van der Waals surface area contributed by atoms with E-state index in [9.17, 15) is 4.79 Å². The Bertz CT molecular complexity index is 306. The van der Waals surface area contributed by atoms with Crippen LogP contribution in [0.4, 0.5) is 0 Å². The van der Waals surface area contributed by atoms with Crippen molar-refractivity contribution in [3.63, 3.8) is 0 Å². The Kier molecular flexibility index (Phi) is 4.21. The van der Waals surface area contributed by atoms with Crippen molar-refractivity contribution >= 4 is 5.91 Å². The van der Waals surface area contributed by atoms with Gasteiger partial charge in [0.15, 0.2) is 0 Å². The van der Waals surface area contributed by atoms with Crippen molar-refractivity contribution in [3.05, 3.63) is 0 Å². The van der Waals surface area contributed by atoms with Crippen LogP contribution in [0.3, 0.4) is 0 Å². The van der Waals surface area contributed by atoms with E-state index in [1.54, 1.807) is 4.90 Å². The summed E-state index contributed by atoms with van der Waals surface area (Å²) in [7, 11) is 0. The average molecular weight is 258 g/mol. The number of hydrogen-bond acceptors (Lipinski definition) is 5. The van der Waals surface area contributed by atoms with Crippen molar-refractivity contribution in [1.29, 1.82) is 0 Å². The predicted molar refractivity (Wildman–Crippen MR) is 65.2 cm³/mol. The molecule has 2 atom stereocenters. The maximum atomic E-state index is 12.0. The molecule has 2 N–H and O–H groups in total. The van der Waals surface area contributed by atoms with Gasteiger partial charge in [0.05, 0.1) is 24.4 Å². The van der Waals surface area contributed by atoms with Crippen molar-refractivity contribution in [2.75, 3.05) is 39.4 Å². The van der Waals surface area contributed by atoms with Gasteiger partial charge in [-0.05, 0) is 13.8 Å². The van der Waals surface area contributed by atoms with Gasteiger partial charge in [-0.2, -0.15) is 0 Å². The topological polar surface area (TPSA) is 71.0 Å². The number of amides is 1. The third-order valence-corrected chi connectivity index (χ3v) is 3.42. The standard InChI is InChI=1S/C12H22N2O4/c1-9-3-14(4-10(5-15)18-9)11(16)6-17-12(2)7-13-8-12/h9-10,13,15H,3-8H2,1-2H3. The monoisotopic (exact) mass is 258 g/mol. The van der Waals surface area contributed by atoms with Gasteiger partial charge in [0.25, 0.3) is 0 Å². The number of aliphatic hydroxyl groups excluding tert-OH is 1. The summed E-state index contributed by atoms with van der Waals surface area (Å²) >= 11 is 0. The summed E-state index contributed by atoms with van der Waals surface area (Å²) in [5.41, 5.74) is -0.204. The molecule has 18 heavy (non-hydrogen) atoms. The Labute approximate surface area is 107 Å². The molecule has 2 unspecified atom stereocenters.